The monoisotopic (exact) mass is 242 g/mol. The van der Waals surface area contributed by atoms with Gasteiger partial charge in [-0.25, -0.2) is 0 Å². The predicted octanol–water partition coefficient (Wildman–Crippen LogP) is 4.54. The lowest BCUT2D eigenvalue weighted by atomic mass is 9.61. The molecule has 0 atom stereocenters. The fourth-order valence-electron chi connectivity index (χ4n) is 2.80. The van der Waals surface area contributed by atoms with Gasteiger partial charge >= 0.3 is 0 Å². The molecule has 0 nitrogen and oxygen atoms in total. The lowest BCUT2D eigenvalue weighted by Gasteiger charge is -2.45. The van der Waals surface area contributed by atoms with Crippen molar-refractivity contribution in [1.82, 2.24) is 0 Å². The zero-order valence-corrected chi connectivity index (χ0v) is 10.5. The van der Waals surface area contributed by atoms with Gasteiger partial charge in [0.25, 0.3) is 0 Å². The lowest BCUT2D eigenvalue weighted by molar-refractivity contribution is 0.0925. The van der Waals surface area contributed by atoms with Gasteiger partial charge in [-0.1, -0.05) is 30.7 Å². The van der Waals surface area contributed by atoms with Gasteiger partial charge in [0.05, 0.1) is 0 Å². The molecule has 0 amide bonds. The Morgan fingerprint density at radius 2 is 2.13 bits per heavy atom. The molecule has 0 aromatic heterocycles. The maximum atomic E-state index is 6.08. The van der Waals surface area contributed by atoms with Gasteiger partial charge in [0.2, 0.25) is 0 Å². The van der Waals surface area contributed by atoms with Crippen molar-refractivity contribution in [3.63, 3.8) is 0 Å². The summed E-state index contributed by atoms with van der Waals surface area (Å²) >= 11 is 12.1. The molecule has 1 fully saturated rings. The van der Waals surface area contributed by atoms with Crippen LogP contribution < -0.4 is 0 Å². The Labute approximate surface area is 102 Å². The maximum absolute atomic E-state index is 6.08. The summed E-state index contributed by atoms with van der Waals surface area (Å²) in [6.45, 7) is 2.29. The third-order valence-electron chi connectivity index (χ3n) is 3.31. The first-order chi connectivity index (χ1) is 7.13. The number of alkyl halides is 1. The Morgan fingerprint density at radius 1 is 1.40 bits per heavy atom. The Balaban J connectivity index is 2.07. The van der Waals surface area contributed by atoms with Crippen molar-refractivity contribution in [3.8, 4) is 0 Å². The molecule has 1 aliphatic rings. The van der Waals surface area contributed by atoms with Crippen molar-refractivity contribution in [2.24, 2.45) is 11.3 Å². The molecular formula is C13H16Cl2. The molecule has 0 radical (unpaired) electrons. The highest BCUT2D eigenvalue weighted by Gasteiger charge is 2.41. The molecule has 0 heterocycles. The van der Waals surface area contributed by atoms with Crippen LogP contribution in [0.4, 0.5) is 0 Å². The summed E-state index contributed by atoms with van der Waals surface area (Å²) in [4.78, 5) is 0. The molecule has 1 aliphatic carbocycles. The minimum Gasteiger partial charge on any atom is -0.126 e. The second-order valence-electron chi connectivity index (χ2n) is 4.95. The van der Waals surface area contributed by atoms with Gasteiger partial charge in [-0.15, -0.1) is 11.6 Å². The fourth-order valence-corrected chi connectivity index (χ4v) is 3.32. The normalized spacial score (nSPS) is 29.9. The minimum atomic E-state index is 0.339. The average molecular weight is 243 g/mol. The summed E-state index contributed by atoms with van der Waals surface area (Å²) in [5.41, 5.74) is 1.65. The molecule has 82 valence electrons. The zero-order valence-electron chi connectivity index (χ0n) is 8.97. The third-order valence-corrected chi connectivity index (χ3v) is 4.12. The standard InChI is InChI=1S/C13H16Cl2/c1-10-6-13(7-10,9-14)8-11-3-2-4-12(15)5-11/h2-5,10H,6-9H2,1H3. The lowest BCUT2D eigenvalue weighted by Crippen LogP contribution is -2.39. The summed E-state index contributed by atoms with van der Waals surface area (Å²) < 4.78 is 0. The van der Waals surface area contributed by atoms with E-state index in [-0.39, 0.29) is 0 Å². The molecule has 2 heteroatoms. The summed E-state index contributed by atoms with van der Waals surface area (Å²) in [5.74, 6) is 1.60. The number of rotatable bonds is 3. The predicted molar refractivity (Wildman–Crippen MR) is 66.7 cm³/mol. The van der Waals surface area contributed by atoms with Gasteiger partial charge in [0, 0.05) is 10.9 Å². The van der Waals surface area contributed by atoms with Gasteiger partial charge in [0.15, 0.2) is 0 Å². The summed E-state index contributed by atoms with van der Waals surface area (Å²) in [5, 5.41) is 0.824. The van der Waals surface area contributed by atoms with Gasteiger partial charge in [-0.3, -0.25) is 0 Å². The van der Waals surface area contributed by atoms with Crippen LogP contribution >= 0.6 is 23.2 Å². The van der Waals surface area contributed by atoms with Crippen LogP contribution in [0.2, 0.25) is 5.02 Å². The fraction of sp³-hybridized carbons (Fsp3) is 0.538. The van der Waals surface area contributed by atoms with E-state index in [0.29, 0.717) is 5.41 Å². The second-order valence-corrected chi connectivity index (χ2v) is 5.66. The van der Waals surface area contributed by atoms with Gasteiger partial charge < -0.3 is 0 Å². The average Bonchev–Trinajstić information content (AvgIpc) is 2.15. The van der Waals surface area contributed by atoms with Crippen molar-refractivity contribution in [2.45, 2.75) is 26.2 Å². The molecule has 0 bridgehead atoms. The van der Waals surface area contributed by atoms with E-state index in [1.54, 1.807) is 0 Å². The van der Waals surface area contributed by atoms with Gasteiger partial charge in [-0.05, 0) is 48.3 Å². The SMILES string of the molecule is CC1CC(CCl)(Cc2cccc(Cl)c2)C1. The first-order valence-corrected chi connectivity index (χ1v) is 6.35. The quantitative estimate of drug-likeness (QED) is 0.684. The van der Waals surface area contributed by atoms with Crippen LogP contribution in [0.1, 0.15) is 25.3 Å². The molecule has 0 saturated heterocycles. The van der Waals surface area contributed by atoms with Crippen molar-refractivity contribution < 1.29 is 0 Å². The van der Waals surface area contributed by atoms with Crippen LogP contribution in [0.15, 0.2) is 24.3 Å². The Morgan fingerprint density at radius 3 is 2.67 bits per heavy atom. The summed E-state index contributed by atoms with van der Waals surface area (Å²) in [7, 11) is 0. The van der Waals surface area contributed by atoms with Gasteiger partial charge in [0.1, 0.15) is 0 Å². The van der Waals surface area contributed by atoms with Crippen LogP contribution in [0.3, 0.4) is 0 Å². The third kappa shape index (κ3) is 2.49. The molecule has 15 heavy (non-hydrogen) atoms. The minimum absolute atomic E-state index is 0.339. The van der Waals surface area contributed by atoms with Crippen LogP contribution in [0.25, 0.3) is 0 Å². The maximum Gasteiger partial charge on any atom is 0.0408 e. The molecule has 0 spiro atoms. The summed E-state index contributed by atoms with van der Waals surface area (Å²) in [6.07, 6.45) is 3.58. The van der Waals surface area contributed by atoms with E-state index >= 15 is 0 Å². The van der Waals surface area contributed by atoms with Gasteiger partial charge in [-0.2, -0.15) is 0 Å². The molecule has 2 rings (SSSR count). The van der Waals surface area contributed by atoms with Crippen molar-refractivity contribution in [3.05, 3.63) is 34.9 Å². The largest absolute Gasteiger partial charge is 0.126 e. The van der Waals surface area contributed by atoms with Crippen LogP contribution in [0.5, 0.6) is 0 Å². The number of hydrogen-bond acceptors (Lipinski definition) is 0. The van der Waals surface area contributed by atoms with E-state index in [9.17, 15) is 0 Å². The van der Waals surface area contributed by atoms with Crippen LogP contribution in [-0.2, 0) is 6.42 Å². The molecule has 1 saturated carbocycles. The Bertz CT molecular complexity index is 340. The molecule has 1 aromatic carbocycles. The Hall–Kier alpha value is -0.200. The van der Waals surface area contributed by atoms with Crippen molar-refractivity contribution in [1.29, 1.82) is 0 Å². The zero-order chi connectivity index (χ0) is 10.9. The van der Waals surface area contributed by atoms with Crippen LogP contribution in [0, 0.1) is 11.3 Å². The highest BCUT2D eigenvalue weighted by molar-refractivity contribution is 6.30. The number of halogens is 2. The molecular weight excluding hydrogens is 227 g/mol. The van der Waals surface area contributed by atoms with Crippen molar-refractivity contribution in [2.75, 3.05) is 5.88 Å². The van der Waals surface area contributed by atoms with E-state index in [1.165, 1.54) is 18.4 Å². The molecule has 1 aromatic rings. The van der Waals surface area contributed by atoms with E-state index in [0.717, 1.165) is 23.2 Å². The highest BCUT2D eigenvalue weighted by Crippen LogP contribution is 2.48. The topological polar surface area (TPSA) is 0 Å². The van der Waals surface area contributed by atoms with E-state index < -0.39 is 0 Å². The highest BCUT2D eigenvalue weighted by atomic mass is 35.5. The van der Waals surface area contributed by atoms with E-state index in [4.69, 9.17) is 23.2 Å². The second kappa shape index (κ2) is 4.35. The molecule has 0 N–H and O–H groups in total. The molecule has 0 aliphatic heterocycles. The first kappa shape index (κ1) is 11.3. The van der Waals surface area contributed by atoms with E-state index in [1.807, 2.05) is 12.1 Å². The van der Waals surface area contributed by atoms with E-state index in [2.05, 4.69) is 19.1 Å². The first-order valence-electron chi connectivity index (χ1n) is 5.44. The smallest absolute Gasteiger partial charge is 0.0408 e. The summed E-state index contributed by atoms with van der Waals surface area (Å²) in [6, 6.07) is 8.13. The van der Waals surface area contributed by atoms with Crippen molar-refractivity contribution >= 4 is 23.2 Å². The molecule has 0 unspecified atom stereocenters. The van der Waals surface area contributed by atoms with Crippen LogP contribution in [-0.4, -0.2) is 5.88 Å². The Kier molecular flexibility index (Phi) is 3.27. The number of benzene rings is 1. The number of hydrogen-bond donors (Lipinski definition) is 0.